The van der Waals surface area contributed by atoms with Gasteiger partial charge >= 0.3 is 5.97 Å². The Balaban J connectivity index is 3.02. The number of hydrogen-bond donors (Lipinski definition) is 1. The fourth-order valence-electron chi connectivity index (χ4n) is 0.712. The van der Waals surface area contributed by atoms with Gasteiger partial charge in [-0.15, -0.1) is 0 Å². The molecule has 1 aromatic heterocycles. The molecule has 0 fully saturated rings. The molecular weight excluding hydrogens is 197 g/mol. The summed E-state index contributed by atoms with van der Waals surface area (Å²) in [6, 6.07) is 0. The summed E-state index contributed by atoms with van der Waals surface area (Å²) in [4.78, 5) is 13.6. The van der Waals surface area contributed by atoms with Crippen LogP contribution in [0.3, 0.4) is 0 Å². The molecule has 0 aliphatic carbocycles. The number of aliphatic carboxylic acids is 1. The average Bonchev–Trinajstić information content (AvgIpc) is 2.07. The topological polar surface area (TPSA) is 50.2 Å². The van der Waals surface area contributed by atoms with Gasteiger partial charge in [0.05, 0.1) is 11.2 Å². The largest absolute Gasteiger partial charge is 0.478 e. The zero-order valence-electron chi connectivity index (χ0n) is 6.37. The van der Waals surface area contributed by atoms with Crippen LogP contribution in [0.4, 0.5) is 4.39 Å². The van der Waals surface area contributed by atoms with Gasteiger partial charge in [0.25, 0.3) is 0 Å². The fraction of sp³-hybridized carbons (Fsp3) is 0. The van der Waals surface area contributed by atoms with E-state index in [-0.39, 0.29) is 10.6 Å². The van der Waals surface area contributed by atoms with E-state index in [1.165, 1.54) is 12.3 Å². The first-order chi connectivity index (χ1) is 6.11. The monoisotopic (exact) mass is 201 g/mol. The summed E-state index contributed by atoms with van der Waals surface area (Å²) in [7, 11) is 0. The lowest BCUT2D eigenvalue weighted by Gasteiger charge is -1.96. The van der Waals surface area contributed by atoms with E-state index in [9.17, 15) is 9.18 Å². The van der Waals surface area contributed by atoms with E-state index >= 15 is 0 Å². The molecule has 1 N–H and O–H groups in total. The van der Waals surface area contributed by atoms with Gasteiger partial charge in [-0.25, -0.2) is 9.18 Å². The highest BCUT2D eigenvalue weighted by atomic mass is 35.5. The number of pyridine rings is 1. The van der Waals surface area contributed by atoms with E-state index in [0.717, 1.165) is 12.3 Å². The number of aromatic nitrogens is 1. The minimum absolute atomic E-state index is 0.132. The van der Waals surface area contributed by atoms with E-state index < -0.39 is 11.8 Å². The maximum atomic E-state index is 12.7. The maximum absolute atomic E-state index is 12.7. The second-order valence-corrected chi connectivity index (χ2v) is 2.57. The predicted molar refractivity (Wildman–Crippen MR) is 45.9 cm³/mol. The van der Waals surface area contributed by atoms with Gasteiger partial charge in [-0.3, -0.25) is 4.98 Å². The van der Waals surface area contributed by atoms with Crippen LogP contribution in [0.15, 0.2) is 18.5 Å². The molecule has 0 unspecified atom stereocenters. The van der Waals surface area contributed by atoms with Crippen LogP contribution in [-0.2, 0) is 4.79 Å². The molecule has 1 rings (SSSR count). The van der Waals surface area contributed by atoms with Crippen molar-refractivity contribution in [3.63, 3.8) is 0 Å². The third-order valence-electron chi connectivity index (χ3n) is 1.27. The predicted octanol–water partition coefficient (Wildman–Crippen LogP) is 1.97. The van der Waals surface area contributed by atoms with Crippen molar-refractivity contribution in [1.82, 2.24) is 4.98 Å². The van der Waals surface area contributed by atoms with E-state index in [1.54, 1.807) is 0 Å². The van der Waals surface area contributed by atoms with Gasteiger partial charge in [0.2, 0.25) is 0 Å². The molecule has 3 nitrogen and oxygen atoms in total. The van der Waals surface area contributed by atoms with Crippen molar-refractivity contribution in [2.24, 2.45) is 0 Å². The van der Waals surface area contributed by atoms with Crippen molar-refractivity contribution < 1.29 is 14.3 Å². The van der Waals surface area contributed by atoms with Crippen LogP contribution in [0.1, 0.15) is 5.56 Å². The molecule has 0 saturated carbocycles. The molecule has 1 aromatic rings. The lowest BCUT2D eigenvalue weighted by Crippen LogP contribution is -1.88. The maximum Gasteiger partial charge on any atom is 0.328 e. The quantitative estimate of drug-likeness (QED) is 0.745. The van der Waals surface area contributed by atoms with E-state index in [1.807, 2.05) is 0 Å². The summed E-state index contributed by atoms with van der Waals surface area (Å²) in [5.41, 5.74) is 0.240. The molecule has 1 heterocycles. The summed E-state index contributed by atoms with van der Waals surface area (Å²) in [6.45, 7) is 0. The fourth-order valence-corrected chi connectivity index (χ4v) is 0.872. The van der Waals surface area contributed by atoms with Gasteiger partial charge in [0.1, 0.15) is 0 Å². The number of carboxylic acid groups (broad SMARTS) is 1. The molecule has 0 bridgehead atoms. The molecule has 0 saturated heterocycles. The van der Waals surface area contributed by atoms with E-state index in [0.29, 0.717) is 0 Å². The standard InChI is InChI=1S/C8H5ClFNO2/c9-8-5(1-2-7(12)13)3-11-4-6(8)10/h1-4H,(H,12,13)/b2-1+. The van der Waals surface area contributed by atoms with Crippen LogP contribution in [0.2, 0.25) is 5.02 Å². The van der Waals surface area contributed by atoms with Crippen molar-refractivity contribution in [3.05, 3.63) is 34.9 Å². The molecule has 0 atom stereocenters. The van der Waals surface area contributed by atoms with Crippen molar-refractivity contribution >= 4 is 23.6 Å². The number of nitrogens with zero attached hydrogens (tertiary/aromatic N) is 1. The summed E-state index contributed by atoms with van der Waals surface area (Å²) < 4.78 is 12.7. The third-order valence-corrected chi connectivity index (χ3v) is 1.67. The number of hydrogen-bond acceptors (Lipinski definition) is 2. The molecule has 0 radical (unpaired) electrons. The molecule has 0 aromatic carbocycles. The summed E-state index contributed by atoms with van der Waals surface area (Å²) in [5.74, 6) is -1.80. The van der Waals surface area contributed by atoms with Crippen LogP contribution < -0.4 is 0 Å². The Morgan fingerprint density at radius 3 is 2.92 bits per heavy atom. The first-order valence-electron chi connectivity index (χ1n) is 3.31. The smallest absolute Gasteiger partial charge is 0.328 e. The second kappa shape index (κ2) is 4.00. The van der Waals surface area contributed by atoms with Gasteiger partial charge < -0.3 is 5.11 Å². The molecular formula is C8H5ClFNO2. The summed E-state index contributed by atoms with van der Waals surface area (Å²) in [5, 5.41) is 8.16. The average molecular weight is 202 g/mol. The molecule has 0 aliphatic rings. The lowest BCUT2D eigenvalue weighted by molar-refractivity contribution is -0.131. The van der Waals surface area contributed by atoms with Crippen molar-refractivity contribution in [1.29, 1.82) is 0 Å². The summed E-state index contributed by atoms with van der Waals surface area (Å²) in [6.07, 6.45) is 4.29. The first-order valence-corrected chi connectivity index (χ1v) is 3.69. The number of carbonyl (C=O) groups is 1. The number of carboxylic acids is 1. The highest BCUT2D eigenvalue weighted by Crippen LogP contribution is 2.19. The molecule has 68 valence electrons. The van der Waals surface area contributed by atoms with Crippen LogP contribution in [0.25, 0.3) is 6.08 Å². The van der Waals surface area contributed by atoms with Gasteiger partial charge in [0, 0.05) is 17.8 Å². The van der Waals surface area contributed by atoms with E-state index in [2.05, 4.69) is 4.98 Å². The van der Waals surface area contributed by atoms with Crippen LogP contribution in [0, 0.1) is 5.82 Å². The minimum Gasteiger partial charge on any atom is -0.478 e. The molecule has 0 amide bonds. The molecule has 0 aliphatic heterocycles. The SMILES string of the molecule is O=C(O)/C=C/c1cncc(F)c1Cl. The highest BCUT2D eigenvalue weighted by Gasteiger charge is 2.03. The molecule has 0 spiro atoms. The van der Waals surface area contributed by atoms with Gasteiger partial charge in [-0.05, 0) is 6.08 Å². The normalized spacial score (nSPS) is 10.6. The molecule has 13 heavy (non-hydrogen) atoms. The van der Waals surface area contributed by atoms with Gasteiger partial charge in [-0.2, -0.15) is 0 Å². The van der Waals surface area contributed by atoms with Crippen LogP contribution in [-0.4, -0.2) is 16.1 Å². The zero-order valence-corrected chi connectivity index (χ0v) is 7.12. The van der Waals surface area contributed by atoms with Crippen LogP contribution in [0.5, 0.6) is 0 Å². The summed E-state index contributed by atoms with van der Waals surface area (Å²) >= 11 is 5.52. The zero-order chi connectivity index (χ0) is 9.84. The Labute approximate surface area is 78.5 Å². The van der Waals surface area contributed by atoms with Crippen molar-refractivity contribution in [2.45, 2.75) is 0 Å². The number of halogens is 2. The second-order valence-electron chi connectivity index (χ2n) is 2.20. The molecule has 5 heteroatoms. The van der Waals surface area contributed by atoms with Crippen LogP contribution >= 0.6 is 11.6 Å². The highest BCUT2D eigenvalue weighted by molar-refractivity contribution is 6.32. The minimum atomic E-state index is -1.12. The van der Waals surface area contributed by atoms with Gasteiger partial charge in [-0.1, -0.05) is 11.6 Å². The Hall–Kier alpha value is -1.42. The van der Waals surface area contributed by atoms with Crippen molar-refractivity contribution in [2.75, 3.05) is 0 Å². The van der Waals surface area contributed by atoms with E-state index in [4.69, 9.17) is 16.7 Å². The van der Waals surface area contributed by atoms with Gasteiger partial charge in [0.15, 0.2) is 5.82 Å². The Morgan fingerprint density at radius 2 is 2.31 bits per heavy atom. The third kappa shape index (κ3) is 2.52. The lowest BCUT2D eigenvalue weighted by atomic mass is 10.2. The number of rotatable bonds is 2. The Morgan fingerprint density at radius 1 is 1.62 bits per heavy atom. The Kier molecular flexibility index (Phi) is 2.97. The van der Waals surface area contributed by atoms with Crippen molar-refractivity contribution in [3.8, 4) is 0 Å². The first kappa shape index (κ1) is 9.67. The Bertz CT molecular complexity index is 365.